The minimum Gasteiger partial charge on any atom is -0.486 e. The summed E-state index contributed by atoms with van der Waals surface area (Å²) in [4.78, 5) is 15.8. The van der Waals surface area contributed by atoms with Gasteiger partial charge in [-0.3, -0.25) is 9.78 Å². The summed E-state index contributed by atoms with van der Waals surface area (Å²) < 4.78 is 5.62. The maximum Gasteiger partial charge on any atom is 0.225 e. The van der Waals surface area contributed by atoms with Crippen LogP contribution in [0, 0.1) is 0 Å². The molecule has 1 unspecified atom stereocenters. The quantitative estimate of drug-likeness (QED) is 0.783. The van der Waals surface area contributed by atoms with E-state index in [2.05, 4.69) is 10.3 Å². The monoisotopic (exact) mass is 391 g/mol. The van der Waals surface area contributed by atoms with Gasteiger partial charge in [-0.25, -0.2) is 0 Å². The van der Waals surface area contributed by atoms with Crippen LogP contribution in [0.2, 0.25) is 5.02 Å². The molecule has 132 valence electrons. The Labute approximate surface area is 158 Å². The van der Waals surface area contributed by atoms with Crippen LogP contribution in [0.1, 0.15) is 19.0 Å². The number of nitrogens with zero attached hydrogens (tertiary/aromatic N) is 1. The first-order valence-electron chi connectivity index (χ1n) is 6.92. The molecule has 5 nitrogen and oxygen atoms in total. The number of ether oxygens (including phenoxy) is 1. The van der Waals surface area contributed by atoms with E-state index in [4.69, 9.17) is 22.1 Å². The van der Waals surface area contributed by atoms with Crippen LogP contribution in [0.5, 0.6) is 5.75 Å². The Morgan fingerprint density at radius 3 is 2.67 bits per heavy atom. The van der Waals surface area contributed by atoms with Gasteiger partial charge in [0.25, 0.3) is 0 Å². The van der Waals surface area contributed by atoms with E-state index < -0.39 is 0 Å². The predicted octanol–water partition coefficient (Wildman–Crippen LogP) is 3.83. The van der Waals surface area contributed by atoms with E-state index >= 15 is 0 Å². The van der Waals surface area contributed by atoms with Crippen molar-refractivity contribution in [3.8, 4) is 5.75 Å². The molecule has 24 heavy (non-hydrogen) atoms. The van der Waals surface area contributed by atoms with Crippen LogP contribution >= 0.6 is 36.4 Å². The molecule has 0 aliphatic carbocycles. The molecule has 0 saturated heterocycles. The minimum absolute atomic E-state index is 0. The van der Waals surface area contributed by atoms with E-state index in [1.54, 1.807) is 31.3 Å². The lowest BCUT2D eigenvalue weighted by atomic mass is 10.2. The number of pyridine rings is 1. The largest absolute Gasteiger partial charge is 0.486 e. The molecule has 3 N–H and O–H groups in total. The smallest absolute Gasteiger partial charge is 0.225 e. The number of benzene rings is 1. The van der Waals surface area contributed by atoms with Crippen molar-refractivity contribution in [1.82, 2.24) is 4.98 Å². The van der Waals surface area contributed by atoms with Gasteiger partial charge in [0.05, 0.1) is 10.7 Å². The van der Waals surface area contributed by atoms with Crippen molar-refractivity contribution in [2.24, 2.45) is 5.73 Å². The molecule has 2 aromatic rings. The van der Waals surface area contributed by atoms with Gasteiger partial charge in [0.15, 0.2) is 0 Å². The van der Waals surface area contributed by atoms with Gasteiger partial charge >= 0.3 is 0 Å². The molecule has 0 saturated carbocycles. The Kier molecular flexibility index (Phi) is 10.4. The van der Waals surface area contributed by atoms with Gasteiger partial charge in [0.2, 0.25) is 5.91 Å². The van der Waals surface area contributed by atoms with E-state index in [1.807, 2.05) is 18.2 Å². The molecule has 0 radical (unpaired) electrons. The third-order valence-corrected chi connectivity index (χ3v) is 3.12. The van der Waals surface area contributed by atoms with Gasteiger partial charge in [-0.2, -0.15) is 0 Å². The highest BCUT2D eigenvalue weighted by molar-refractivity contribution is 6.32. The van der Waals surface area contributed by atoms with Gasteiger partial charge in [0, 0.05) is 24.3 Å². The first kappa shape index (κ1) is 22.5. The number of carbonyl (C=O) groups excluding carboxylic acids is 1. The van der Waals surface area contributed by atoms with Crippen LogP contribution in [0.15, 0.2) is 42.6 Å². The zero-order chi connectivity index (χ0) is 15.9. The predicted molar refractivity (Wildman–Crippen MR) is 101 cm³/mol. The third-order valence-electron chi connectivity index (χ3n) is 2.82. The van der Waals surface area contributed by atoms with Crippen molar-refractivity contribution in [2.75, 3.05) is 5.32 Å². The molecule has 0 bridgehead atoms. The number of nitrogens with one attached hydrogen (secondary N) is 1. The fourth-order valence-electron chi connectivity index (χ4n) is 1.84. The maximum absolute atomic E-state index is 11.7. The lowest BCUT2D eigenvalue weighted by Crippen LogP contribution is -2.23. The van der Waals surface area contributed by atoms with Gasteiger partial charge < -0.3 is 15.8 Å². The second kappa shape index (κ2) is 11.1. The van der Waals surface area contributed by atoms with Gasteiger partial charge in [-0.1, -0.05) is 17.7 Å². The van der Waals surface area contributed by atoms with Crippen molar-refractivity contribution in [3.63, 3.8) is 0 Å². The van der Waals surface area contributed by atoms with Crippen molar-refractivity contribution < 1.29 is 9.53 Å². The molecule has 1 atom stereocenters. The second-order valence-electron chi connectivity index (χ2n) is 4.98. The standard InChI is InChI=1S/C16H18ClN3O2.2ClH/c1-11(18)8-16(21)20-12-5-6-15(14(17)9-12)22-10-13-4-2-3-7-19-13;;/h2-7,9,11H,8,10,18H2,1H3,(H,20,21);2*1H. The highest BCUT2D eigenvalue weighted by Gasteiger charge is 2.08. The van der Waals surface area contributed by atoms with Crippen LogP contribution in [0.4, 0.5) is 5.69 Å². The number of amides is 1. The minimum atomic E-state index is -0.184. The highest BCUT2D eigenvalue weighted by Crippen LogP contribution is 2.28. The summed E-state index contributed by atoms with van der Waals surface area (Å²) in [6.45, 7) is 2.11. The fourth-order valence-corrected chi connectivity index (χ4v) is 2.07. The topological polar surface area (TPSA) is 77.2 Å². The van der Waals surface area contributed by atoms with Crippen molar-refractivity contribution in [2.45, 2.75) is 26.0 Å². The molecule has 2 rings (SSSR count). The van der Waals surface area contributed by atoms with Crippen LogP contribution in [0.25, 0.3) is 0 Å². The molecular formula is C16H20Cl3N3O2. The van der Waals surface area contributed by atoms with Crippen LogP contribution in [-0.4, -0.2) is 16.9 Å². The average molecular weight is 393 g/mol. The number of carbonyl (C=O) groups is 1. The number of anilines is 1. The molecule has 0 aliphatic heterocycles. The Hall–Kier alpha value is -1.53. The summed E-state index contributed by atoms with van der Waals surface area (Å²) in [5, 5.41) is 3.17. The Morgan fingerprint density at radius 1 is 1.33 bits per heavy atom. The molecule has 1 aromatic heterocycles. The summed E-state index contributed by atoms with van der Waals surface area (Å²) in [7, 11) is 0. The van der Waals surface area contributed by atoms with Crippen LogP contribution in [-0.2, 0) is 11.4 Å². The molecular weight excluding hydrogens is 373 g/mol. The molecule has 1 amide bonds. The van der Waals surface area contributed by atoms with E-state index in [-0.39, 0.29) is 43.2 Å². The SMILES string of the molecule is CC(N)CC(=O)Nc1ccc(OCc2ccccn2)c(Cl)c1.Cl.Cl. The zero-order valence-corrected chi connectivity index (χ0v) is 15.5. The van der Waals surface area contributed by atoms with Crippen LogP contribution < -0.4 is 15.8 Å². The van der Waals surface area contributed by atoms with E-state index in [9.17, 15) is 4.79 Å². The number of halogens is 3. The molecule has 1 aromatic carbocycles. The lowest BCUT2D eigenvalue weighted by molar-refractivity contribution is -0.116. The highest BCUT2D eigenvalue weighted by atomic mass is 35.5. The average Bonchev–Trinajstić information content (AvgIpc) is 2.46. The van der Waals surface area contributed by atoms with Gasteiger partial charge in [-0.05, 0) is 37.3 Å². The first-order chi connectivity index (χ1) is 10.5. The maximum atomic E-state index is 11.7. The van der Waals surface area contributed by atoms with Crippen molar-refractivity contribution in [1.29, 1.82) is 0 Å². The Morgan fingerprint density at radius 2 is 2.08 bits per heavy atom. The molecule has 0 aliphatic rings. The van der Waals surface area contributed by atoms with E-state index in [0.29, 0.717) is 23.1 Å². The van der Waals surface area contributed by atoms with E-state index in [0.717, 1.165) is 5.69 Å². The fraction of sp³-hybridized carbons (Fsp3) is 0.250. The van der Waals surface area contributed by atoms with Crippen molar-refractivity contribution >= 4 is 48.0 Å². The van der Waals surface area contributed by atoms with Crippen LogP contribution in [0.3, 0.4) is 0 Å². The summed E-state index contributed by atoms with van der Waals surface area (Å²) >= 11 is 6.16. The number of hydrogen-bond acceptors (Lipinski definition) is 4. The normalized spacial score (nSPS) is 10.8. The van der Waals surface area contributed by atoms with Gasteiger partial charge in [-0.15, -0.1) is 24.8 Å². The molecule has 1 heterocycles. The number of nitrogens with two attached hydrogens (primary N) is 1. The third kappa shape index (κ3) is 7.36. The second-order valence-corrected chi connectivity index (χ2v) is 5.39. The Bertz CT molecular complexity index is 640. The lowest BCUT2D eigenvalue weighted by Gasteiger charge is -2.11. The number of hydrogen-bond donors (Lipinski definition) is 2. The van der Waals surface area contributed by atoms with Crippen molar-refractivity contribution in [3.05, 3.63) is 53.3 Å². The van der Waals surface area contributed by atoms with E-state index in [1.165, 1.54) is 0 Å². The Balaban J connectivity index is 0.00000264. The van der Waals surface area contributed by atoms with Gasteiger partial charge in [0.1, 0.15) is 12.4 Å². The molecule has 8 heteroatoms. The first-order valence-corrected chi connectivity index (χ1v) is 7.30. The summed E-state index contributed by atoms with van der Waals surface area (Å²) in [6.07, 6.45) is 1.97. The summed E-state index contributed by atoms with van der Waals surface area (Å²) in [5.74, 6) is 0.394. The summed E-state index contributed by atoms with van der Waals surface area (Å²) in [6, 6.07) is 10.5. The number of rotatable bonds is 6. The summed E-state index contributed by atoms with van der Waals surface area (Å²) in [5.41, 5.74) is 7.01. The molecule has 0 fully saturated rings. The number of aromatic nitrogens is 1. The zero-order valence-electron chi connectivity index (χ0n) is 13.1. The molecule has 0 spiro atoms.